The van der Waals surface area contributed by atoms with Crippen molar-refractivity contribution in [2.45, 2.75) is 6.18 Å². The van der Waals surface area contributed by atoms with E-state index >= 15 is 0 Å². The largest absolute Gasteiger partial charge is 0.504 e. The first-order valence-corrected chi connectivity index (χ1v) is 5.30. The Hall–Kier alpha value is -2.22. The molecule has 1 rings (SSSR count). The molecule has 0 aliphatic rings. The van der Waals surface area contributed by atoms with E-state index in [9.17, 15) is 22.8 Å². The molecule has 1 aromatic rings. The van der Waals surface area contributed by atoms with Gasteiger partial charge in [-0.25, -0.2) is 4.79 Å². The number of alkyl halides is 3. The van der Waals surface area contributed by atoms with E-state index in [1.54, 1.807) is 0 Å². The van der Waals surface area contributed by atoms with Crippen LogP contribution in [0.25, 0.3) is 0 Å². The monoisotopic (exact) mass is 309 g/mol. The first-order valence-electron chi connectivity index (χ1n) is 4.93. The number of hydrogen-bond acceptors (Lipinski definition) is 3. The minimum absolute atomic E-state index is 0.0605. The zero-order valence-corrected chi connectivity index (χ0v) is 10.3. The number of carbonyl (C=O) groups is 2. The van der Waals surface area contributed by atoms with E-state index in [1.807, 2.05) is 5.32 Å². The molecule has 0 aliphatic carbocycles. The summed E-state index contributed by atoms with van der Waals surface area (Å²) in [6.07, 6.45) is -5.10. The number of nitrogens with one attached hydrogen (secondary N) is 1. The molecule has 0 spiro atoms. The molecule has 5 nitrogen and oxygen atoms in total. The number of benzene rings is 1. The van der Waals surface area contributed by atoms with Crippen molar-refractivity contribution < 1.29 is 33.0 Å². The lowest BCUT2D eigenvalue weighted by molar-refractivity contribution is -0.124. The minimum atomic E-state index is -5.04. The third-order valence-corrected chi connectivity index (χ3v) is 2.35. The Morgan fingerprint density at radius 3 is 2.35 bits per heavy atom. The minimum Gasteiger partial charge on any atom is -0.504 e. The van der Waals surface area contributed by atoms with Gasteiger partial charge >= 0.3 is 12.1 Å². The van der Waals surface area contributed by atoms with Crippen LogP contribution in [0.15, 0.2) is 30.0 Å². The first kappa shape index (κ1) is 15.8. The summed E-state index contributed by atoms with van der Waals surface area (Å²) in [7, 11) is 0. The van der Waals surface area contributed by atoms with Crippen molar-refractivity contribution in [2.24, 2.45) is 0 Å². The Bertz CT molecular complexity index is 584. The third kappa shape index (κ3) is 4.16. The average Bonchev–Trinajstić information content (AvgIpc) is 2.29. The predicted molar refractivity (Wildman–Crippen MR) is 63.8 cm³/mol. The number of carboxylic acids is 1. The van der Waals surface area contributed by atoms with E-state index in [4.69, 9.17) is 21.8 Å². The molecule has 1 amide bonds. The molecule has 0 atom stereocenters. The quantitative estimate of drug-likeness (QED) is 0.592. The Morgan fingerprint density at radius 1 is 1.25 bits per heavy atom. The molecule has 0 saturated carbocycles. The van der Waals surface area contributed by atoms with Gasteiger partial charge in [-0.2, -0.15) is 13.2 Å². The number of carboxylic acid groups (broad SMARTS) is 1. The molecule has 0 aromatic heterocycles. The van der Waals surface area contributed by atoms with Crippen molar-refractivity contribution in [3.63, 3.8) is 0 Å². The van der Waals surface area contributed by atoms with Gasteiger partial charge in [0.15, 0.2) is 0 Å². The van der Waals surface area contributed by atoms with E-state index in [2.05, 4.69) is 0 Å². The SMILES string of the molecule is O=C(C=C(O)C(F)(F)F)Nc1ccc(Cl)c(C(=O)O)c1. The van der Waals surface area contributed by atoms with Gasteiger partial charge in [0.05, 0.1) is 16.7 Å². The Morgan fingerprint density at radius 2 is 1.85 bits per heavy atom. The number of aliphatic hydroxyl groups is 1. The summed E-state index contributed by atoms with van der Waals surface area (Å²) >= 11 is 5.58. The van der Waals surface area contributed by atoms with Gasteiger partial charge in [-0.1, -0.05) is 11.6 Å². The van der Waals surface area contributed by atoms with Crippen molar-refractivity contribution >= 4 is 29.2 Å². The molecule has 1 aromatic carbocycles. The van der Waals surface area contributed by atoms with E-state index < -0.39 is 23.8 Å². The van der Waals surface area contributed by atoms with Crippen LogP contribution >= 0.6 is 11.6 Å². The summed E-state index contributed by atoms with van der Waals surface area (Å²) in [5, 5.41) is 19.2. The lowest BCUT2D eigenvalue weighted by atomic mass is 10.2. The summed E-state index contributed by atoms with van der Waals surface area (Å²) < 4.78 is 35.9. The molecule has 3 N–H and O–H groups in total. The van der Waals surface area contributed by atoms with Gasteiger partial charge in [-0.15, -0.1) is 0 Å². The van der Waals surface area contributed by atoms with Gasteiger partial charge in [0.2, 0.25) is 5.76 Å². The van der Waals surface area contributed by atoms with Crippen molar-refractivity contribution in [3.8, 4) is 0 Å². The van der Waals surface area contributed by atoms with Gasteiger partial charge in [0.25, 0.3) is 5.91 Å². The van der Waals surface area contributed by atoms with Crippen LogP contribution in [-0.4, -0.2) is 28.3 Å². The van der Waals surface area contributed by atoms with Gasteiger partial charge in [-0.3, -0.25) is 4.79 Å². The molecule has 0 bridgehead atoms. The number of anilines is 1. The lowest BCUT2D eigenvalue weighted by Gasteiger charge is -2.07. The number of halogens is 4. The topological polar surface area (TPSA) is 86.6 Å². The molecule has 0 aliphatic heterocycles. The summed E-state index contributed by atoms with van der Waals surface area (Å²) in [6.45, 7) is 0. The number of aliphatic hydroxyl groups excluding tert-OH is 1. The molecule has 0 unspecified atom stereocenters. The lowest BCUT2D eigenvalue weighted by Crippen LogP contribution is -2.16. The second-order valence-corrected chi connectivity index (χ2v) is 3.92. The third-order valence-electron chi connectivity index (χ3n) is 2.02. The van der Waals surface area contributed by atoms with Crippen molar-refractivity contribution in [1.29, 1.82) is 0 Å². The van der Waals surface area contributed by atoms with Gasteiger partial charge in [0.1, 0.15) is 0 Å². The Kier molecular flexibility index (Phi) is 4.61. The molecule has 108 valence electrons. The van der Waals surface area contributed by atoms with Gasteiger partial charge in [-0.05, 0) is 18.2 Å². The Balaban J connectivity index is 2.92. The van der Waals surface area contributed by atoms with Crippen LogP contribution in [0.3, 0.4) is 0 Å². The molecule has 9 heteroatoms. The summed E-state index contributed by atoms with van der Waals surface area (Å²) in [5.41, 5.74) is -0.406. The highest BCUT2D eigenvalue weighted by molar-refractivity contribution is 6.33. The fourth-order valence-corrected chi connectivity index (χ4v) is 1.35. The van der Waals surface area contributed by atoms with Crippen molar-refractivity contribution in [2.75, 3.05) is 5.32 Å². The summed E-state index contributed by atoms with van der Waals surface area (Å²) in [5.74, 6) is -4.69. The second-order valence-electron chi connectivity index (χ2n) is 3.52. The van der Waals surface area contributed by atoms with Crippen LogP contribution in [0.5, 0.6) is 0 Å². The maximum Gasteiger partial charge on any atom is 0.448 e. The van der Waals surface area contributed by atoms with Crippen LogP contribution in [0.1, 0.15) is 10.4 Å². The highest BCUT2D eigenvalue weighted by Gasteiger charge is 2.34. The maximum atomic E-state index is 12.0. The molecular formula is C11H7ClF3NO4. The van der Waals surface area contributed by atoms with Crippen molar-refractivity contribution in [3.05, 3.63) is 40.6 Å². The molecule has 0 radical (unpaired) electrons. The number of hydrogen-bond donors (Lipinski definition) is 3. The Labute approximate surface area is 115 Å². The van der Waals surface area contributed by atoms with E-state index in [1.165, 1.54) is 6.07 Å². The second kappa shape index (κ2) is 5.83. The fraction of sp³-hybridized carbons (Fsp3) is 0.0909. The normalized spacial score (nSPS) is 12.1. The smallest absolute Gasteiger partial charge is 0.448 e. The maximum absolute atomic E-state index is 12.0. The van der Waals surface area contributed by atoms with E-state index in [0.717, 1.165) is 12.1 Å². The van der Waals surface area contributed by atoms with Crippen molar-refractivity contribution in [1.82, 2.24) is 0 Å². The fourth-order valence-electron chi connectivity index (χ4n) is 1.15. The van der Waals surface area contributed by atoms with E-state index in [-0.39, 0.29) is 22.3 Å². The van der Waals surface area contributed by atoms with Gasteiger partial charge < -0.3 is 15.5 Å². The molecule has 0 fully saturated rings. The van der Waals surface area contributed by atoms with Crippen LogP contribution in [0.4, 0.5) is 18.9 Å². The van der Waals surface area contributed by atoms with Crippen LogP contribution in [0.2, 0.25) is 5.02 Å². The molecular weight excluding hydrogens is 303 g/mol. The zero-order chi connectivity index (χ0) is 15.5. The highest BCUT2D eigenvalue weighted by Crippen LogP contribution is 2.24. The number of amides is 1. The van der Waals surface area contributed by atoms with E-state index in [0.29, 0.717) is 0 Å². The number of allylic oxidation sites excluding steroid dienone is 1. The molecule has 0 heterocycles. The van der Waals surface area contributed by atoms with Crippen LogP contribution < -0.4 is 5.32 Å². The standard InChI is InChI=1S/C11H7ClF3NO4/c12-7-2-1-5(3-6(7)10(19)20)16-9(18)4-8(17)11(13,14)15/h1-4,17H,(H,16,18)(H,19,20). The first-order chi connectivity index (χ1) is 9.11. The number of aromatic carboxylic acids is 1. The zero-order valence-electron chi connectivity index (χ0n) is 9.53. The summed E-state index contributed by atoms with van der Waals surface area (Å²) in [6, 6.07) is 3.33. The highest BCUT2D eigenvalue weighted by atomic mass is 35.5. The van der Waals surface area contributed by atoms with Crippen LogP contribution in [0, 0.1) is 0 Å². The predicted octanol–water partition coefficient (Wildman–Crippen LogP) is 2.98. The average molecular weight is 310 g/mol. The number of carbonyl (C=O) groups excluding carboxylic acids is 1. The van der Waals surface area contributed by atoms with Crippen LogP contribution in [-0.2, 0) is 4.79 Å². The molecule has 20 heavy (non-hydrogen) atoms. The van der Waals surface area contributed by atoms with Gasteiger partial charge in [0, 0.05) is 5.69 Å². The summed E-state index contributed by atoms with van der Waals surface area (Å²) in [4.78, 5) is 22.0. The number of rotatable bonds is 3. The molecule has 0 saturated heterocycles.